The van der Waals surface area contributed by atoms with E-state index < -0.39 is 0 Å². The number of aromatic nitrogens is 2. The molecule has 156 valence electrons. The van der Waals surface area contributed by atoms with E-state index in [1.807, 2.05) is 44.2 Å². The fourth-order valence-corrected chi connectivity index (χ4v) is 4.22. The summed E-state index contributed by atoms with van der Waals surface area (Å²) in [5.41, 5.74) is 4.17. The molecule has 29 heavy (non-hydrogen) atoms. The van der Waals surface area contributed by atoms with Crippen molar-refractivity contribution in [1.82, 2.24) is 14.7 Å². The van der Waals surface area contributed by atoms with Crippen LogP contribution in [0.15, 0.2) is 30.3 Å². The van der Waals surface area contributed by atoms with Crippen LogP contribution in [0, 0.1) is 19.8 Å². The van der Waals surface area contributed by atoms with E-state index in [1.165, 1.54) is 31.2 Å². The molecule has 1 aromatic carbocycles. The lowest BCUT2D eigenvalue weighted by atomic mass is 10.0. The first kappa shape index (κ1) is 21.3. The molecule has 1 atom stereocenters. The van der Waals surface area contributed by atoms with Crippen LogP contribution in [-0.2, 0) is 17.8 Å². The van der Waals surface area contributed by atoms with E-state index in [0.717, 1.165) is 29.8 Å². The topological polar surface area (TPSA) is 55.2 Å². The lowest BCUT2D eigenvalue weighted by Crippen LogP contribution is -2.28. The van der Waals surface area contributed by atoms with E-state index in [1.54, 1.807) is 9.58 Å². The van der Waals surface area contributed by atoms with Crippen molar-refractivity contribution in [2.24, 2.45) is 5.92 Å². The summed E-state index contributed by atoms with van der Waals surface area (Å²) < 4.78 is 1.56. The third kappa shape index (κ3) is 5.14. The van der Waals surface area contributed by atoms with E-state index >= 15 is 0 Å². The van der Waals surface area contributed by atoms with Gasteiger partial charge in [0.1, 0.15) is 0 Å². The summed E-state index contributed by atoms with van der Waals surface area (Å²) in [6.07, 6.45) is 7.39. The van der Waals surface area contributed by atoms with Crippen LogP contribution in [0.1, 0.15) is 72.8 Å². The number of unbranched alkanes of at least 4 members (excludes halogenated alkanes) is 4. The number of hydrogen-bond donors (Lipinski definition) is 0. The number of carbonyl (C=O) groups excluding carboxylic acids is 2. The zero-order chi connectivity index (χ0) is 20.8. The second kappa shape index (κ2) is 9.86. The monoisotopic (exact) mass is 395 g/mol. The molecule has 1 aliphatic heterocycles. The van der Waals surface area contributed by atoms with Crippen molar-refractivity contribution in [2.45, 2.75) is 72.3 Å². The van der Waals surface area contributed by atoms with Gasteiger partial charge >= 0.3 is 0 Å². The van der Waals surface area contributed by atoms with Crippen LogP contribution in [0.3, 0.4) is 0 Å². The van der Waals surface area contributed by atoms with Gasteiger partial charge in [-0.25, -0.2) is 4.68 Å². The van der Waals surface area contributed by atoms with Gasteiger partial charge in [-0.1, -0.05) is 62.9 Å². The maximum absolute atomic E-state index is 13.1. The minimum atomic E-state index is -0.318. The van der Waals surface area contributed by atoms with Crippen LogP contribution >= 0.6 is 0 Å². The number of hydrogen-bond acceptors (Lipinski definition) is 3. The largest absolute Gasteiger partial charge is 0.338 e. The standard InChI is InChI=1S/C24H33N3O2/c1-4-5-6-7-11-14-22-18(2)25-27(19(22)3)24(29)21-15-23(28)26(17-21)16-20-12-9-8-10-13-20/h8-10,12-13,21H,4-7,11,14-17H2,1-3H3. The number of benzene rings is 1. The molecular formula is C24H33N3O2. The molecule has 1 fully saturated rings. The molecule has 1 aliphatic rings. The van der Waals surface area contributed by atoms with Gasteiger partial charge in [0.25, 0.3) is 5.91 Å². The van der Waals surface area contributed by atoms with Gasteiger partial charge in [-0.15, -0.1) is 0 Å². The SMILES string of the molecule is CCCCCCCc1c(C)nn(C(=O)C2CC(=O)N(Cc3ccccc3)C2)c1C. The van der Waals surface area contributed by atoms with Gasteiger partial charge in [0.2, 0.25) is 5.91 Å². The highest BCUT2D eigenvalue weighted by atomic mass is 16.2. The molecule has 1 aromatic heterocycles. The molecule has 1 amide bonds. The molecule has 0 bridgehead atoms. The van der Waals surface area contributed by atoms with Crippen molar-refractivity contribution in [1.29, 1.82) is 0 Å². The molecule has 5 nitrogen and oxygen atoms in total. The second-order valence-corrected chi connectivity index (χ2v) is 8.22. The Morgan fingerprint density at radius 2 is 1.83 bits per heavy atom. The number of nitrogens with zero attached hydrogens (tertiary/aromatic N) is 3. The third-order valence-corrected chi connectivity index (χ3v) is 5.96. The number of aryl methyl sites for hydroxylation is 1. The maximum atomic E-state index is 13.1. The number of amides is 1. The molecule has 2 heterocycles. The molecule has 2 aromatic rings. The summed E-state index contributed by atoms with van der Waals surface area (Å²) in [5, 5.41) is 4.54. The third-order valence-electron chi connectivity index (χ3n) is 5.96. The Kier molecular flexibility index (Phi) is 7.24. The van der Waals surface area contributed by atoms with Crippen LogP contribution in [-0.4, -0.2) is 33.0 Å². The van der Waals surface area contributed by atoms with Crippen molar-refractivity contribution in [2.75, 3.05) is 6.54 Å². The minimum absolute atomic E-state index is 0.0462. The molecule has 0 spiro atoms. The lowest BCUT2D eigenvalue weighted by Gasteiger charge is -2.16. The Bertz CT molecular complexity index is 841. The smallest absolute Gasteiger partial charge is 0.252 e. The number of rotatable bonds is 9. The molecule has 1 unspecified atom stereocenters. The van der Waals surface area contributed by atoms with Gasteiger partial charge in [-0.2, -0.15) is 5.10 Å². The minimum Gasteiger partial charge on any atom is -0.338 e. The number of likely N-dealkylation sites (tertiary alicyclic amines) is 1. The quantitative estimate of drug-likeness (QED) is 0.578. The summed E-state index contributed by atoms with van der Waals surface area (Å²) in [6, 6.07) is 9.93. The summed E-state index contributed by atoms with van der Waals surface area (Å²) in [4.78, 5) is 27.4. The maximum Gasteiger partial charge on any atom is 0.252 e. The Balaban J connectivity index is 1.63. The van der Waals surface area contributed by atoms with Gasteiger partial charge in [0.15, 0.2) is 0 Å². The Hall–Kier alpha value is -2.43. The number of carbonyl (C=O) groups is 2. The van der Waals surface area contributed by atoms with Gasteiger partial charge in [-0.3, -0.25) is 9.59 Å². The Morgan fingerprint density at radius 3 is 2.55 bits per heavy atom. The first-order valence-corrected chi connectivity index (χ1v) is 10.9. The summed E-state index contributed by atoms with van der Waals surface area (Å²) in [7, 11) is 0. The zero-order valence-corrected chi connectivity index (χ0v) is 18.0. The van der Waals surface area contributed by atoms with Crippen molar-refractivity contribution in [3.8, 4) is 0 Å². The molecule has 0 saturated carbocycles. The zero-order valence-electron chi connectivity index (χ0n) is 18.0. The Morgan fingerprint density at radius 1 is 1.10 bits per heavy atom. The molecule has 1 saturated heterocycles. The average Bonchev–Trinajstić information content (AvgIpc) is 3.22. The Labute approximate surface area is 174 Å². The normalized spacial score (nSPS) is 16.6. The molecule has 0 N–H and O–H groups in total. The van der Waals surface area contributed by atoms with Crippen LogP contribution in [0.2, 0.25) is 0 Å². The fraction of sp³-hybridized carbons (Fsp3) is 0.542. The van der Waals surface area contributed by atoms with Crippen LogP contribution < -0.4 is 0 Å². The summed E-state index contributed by atoms with van der Waals surface area (Å²) in [6.45, 7) is 7.22. The molecule has 5 heteroatoms. The van der Waals surface area contributed by atoms with Crippen molar-refractivity contribution < 1.29 is 9.59 Å². The summed E-state index contributed by atoms with van der Waals surface area (Å²) >= 11 is 0. The van der Waals surface area contributed by atoms with Crippen molar-refractivity contribution in [3.63, 3.8) is 0 Å². The van der Waals surface area contributed by atoms with Crippen LogP contribution in [0.4, 0.5) is 0 Å². The van der Waals surface area contributed by atoms with Crippen molar-refractivity contribution in [3.05, 3.63) is 52.8 Å². The highest BCUT2D eigenvalue weighted by molar-refractivity contribution is 5.90. The van der Waals surface area contributed by atoms with Gasteiger partial charge in [-0.05, 0) is 37.8 Å². The fourth-order valence-electron chi connectivity index (χ4n) is 4.22. The van der Waals surface area contributed by atoms with E-state index in [4.69, 9.17) is 0 Å². The first-order chi connectivity index (χ1) is 14.0. The van der Waals surface area contributed by atoms with Crippen molar-refractivity contribution >= 4 is 11.8 Å². The van der Waals surface area contributed by atoms with Gasteiger partial charge in [0.05, 0.1) is 11.6 Å². The predicted molar refractivity (Wildman–Crippen MR) is 115 cm³/mol. The lowest BCUT2D eigenvalue weighted by molar-refractivity contribution is -0.128. The molecule has 0 radical (unpaired) electrons. The van der Waals surface area contributed by atoms with E-state index in [9.17, 15) is 9.59 Å². The van der Waals surface area contributed by atoms with Gasteiger partial charge < -0.3 is 4.90 Å². The molecule has 3 rings (SSSR count). The van der Waals surface area contributed by atoms with E-state index in [0.29, 0.717) is 13.1 Å². The average molecular weight is 396 g/mol. The molecule has 0 aliphatic carbocycles. The van der Waals surface area contributed by atoms with E-state index in [-0.39, 0.29) is 24.2 Å². The predicted octanol–water partition coefficient (Wildman–Crippen LogP) is 4.70. The second-order valence-electron chi connectivity index (χ2n) is 8.22. The highest BCUT2D eigenvalue weighted by Gasteiger charge is 2.36. The van der Waals surface area contributed by atoms with Gasteiger partial charge in [0, 0.05) is 25.2 Å². The highest BCUT2D eigenvalue weighted by Crippen LogP contribution is 2.24. The first-order valence-electron chi connectivity index (χ1n) is 10.9. The summed E-state index contributed by atoms with van der Waals surface area (Å²) in [5.74, 6) is -0.321. The van der Waals surface area contributed by atoms with E-state index in [2.05, 4.69) is 12.0 Å². The van der Waals surface area contributed by atoms with Crippen LogP contribution in [0.5, 0.6) is 0 Å². The molecular weight excluding hydrogens is 362 g/mol. The van der Waals surface area contributed by atoms with Crippen LogP contribution in [0.25, 0.3) is 0 Å².